The van der Waals surface area contributed by atoms with Gasteiger partial charge in [-0.15, -0.1) is 11.8 Å². The highest BCUT2D eigenvalue weighted by Gasteiger charge is 2.13. The van der Waals surface area contributed by atoms with E-state index in [1.807, 2.05) is 30.7 Å². The number of rotatable bonds is 9. The smallest absolute Gasteiger partial charge is 0.0946 e. The van der Waals surface area contributed by atoms with Gasteiger partial charge in [-0.25, -0.2) is 4.98 Å². The van der Waals surface area contributed by atoms with Gasteiger partial charge in [-0.3, -0.25) is 0 Å². The van der Waals surface area contributed by atoms with Crippen molar-refractivity contribution < 1.29 is 4.74 Å². The molecule has 0 amide bonds. The van der Waals surface area contributed by atoms with Crippen LogP contribution in [-0.4, -0.2) is 28.0 Å². The van der Waals surface area contributed by atoms with Gasteiger partial charge in [-0.05, 0) is 24.6 Å². The number of thioether (sulfide) groups is 1. The van der Waals surface area contributed by atoms with Crippen molar-refractivity contribution in [3.05, 3.63) is 47.0 Å². The summed E-state index contributed by atoms with van der Waals surface area (Å²) < 4.78 is 7.87. The van der Waals surface area contributed by atoms with Crippen molar-refractivity contribution in [1.82, 2.24) is 9.55 Å². The predicted octanol–water partition coefficient (Wildman–Crippen LogP) is 5.17. The number of unbranched alkanes of at least 4 members (excludes halogenated alkanes) is 1. The van der Waals surface area contributed by atoms with E-state index in [0.29, 0.717) is 21.9 Å². The molecular formula is C16H20Cl2N2OS. The zero-order chi connectivity index (χ0) is 15.8. The summed E-state index contributed by atoms with van der Waals surface area (Å²) in [5.74, 6) is 0. The third kappa shape index (κ3) is 5.84. The van der Waals surface area contributed by atoms with Gasteiger partial charge in [0, 0.05) is 30.4 Å². The first-order valence-electron chi connectivity index (χ1n) is 7.34. The Hall–Kier alpha value is -0.680. The summed E-state index contributed by atoms with van der Waals surface area (Å²) in [6, 6.07) is 5.73. The number of benzene rings is 1. The number of halogens is 2. The fraction of sp³-hybridized carbons (Fsp3) is 0.438. The molecule has 2 aromatic rings. The second-order valence-electron chi connectivity index (χ2n) is 5.00. The normalized spacial score (nSPS) is 12.5. The Morgan fingerprint density at radius 3 is 2.86 bits per heavy atom. The van der Waals surface area contributed by atoms with Gasteiger partial charge in [0.1, 0.15) is 0 Å². The number of ether oxygens (including phenoxy) is 1. The van der Waals surface area contributed by atoms with Gasteiger partial charge in [0.05, 0.1) is 28.2 Å². The Morgan fingerprint density at radius 2 is 2.18 bits per heavy atom. The summed E-state index contributed by atoms with van der Waals surface area (Å²) in [5.41, 5.74) is 0. The average Bonchev–Trinajstić information content (AvgIpc) is 3.00. The van der Waals surface area contributed by atoms with Gasteiger partial charge in [0.2, 0.25) is 0 Å². The van der Waals surface area contributed by atoms with Gasteiger partial charge in [-0.2, -0.15) is 0 Å². The summed E-state index contributed by atoms with van der Waals surface area (Å²) in [6.07, 6.45) is 7.82. The van der Waals surface area contributed by atoms with Gasteiger partial charge in [0.15, 0.2) is 0 Å². The predicted molar refractivity (Wildman–Crippen MR) is 94.1 cm³/mol. The van der Waals surface area contributed by atoms with E-state index in [1.165, 1.54) is 0 Å². The molecule has 6 heteroatoms. The molecular weight excluding hydrogens is 339 g/mol. The maximum atomic E-state index is 6.09. The van der Waals surface area contributed by atoms with E-state index in [0.717, 1.165) is 30.9 Å². The third-order valence-corrected chi connectivity index (χ3v) is 5.00. The van der Waals surface area contributed by atoms with Gasteiger partial charge < -0.3 is 9.30 Å². The zero-order valence-electron chi connectivity index (χ0n) is 12.5. The average molecular weight is 359 g/mol. The topological polar surface area (TPSA) is 27.1 Å². The number of hydrogen-bond acceptors (Lipinski definition) is 3. The summed E-state index contributed by atoms with van der Waals surface area (Å²) in [4.78, 5) is 5.19. The van der Waals surface area contributed by atoms with Crippen LogP contribution in [0.2, 0.25) is 10.0 Å². The molecule has 1 unspecified atom stereocenters. The lowest BCUT2D eigenvalue weighted by Gasteiger charge is -2.17. The van der Waals surface area contributed by atoms with Crippen molar-refractivity contribution >= 4 is 35.0 Å². The lowest BCUT2D eigenvalue weighted by molar-refractivity contribution is 0.129. The van der Waals surface area contributed by atoms with Crippen LogP contribution in [-0.2, 0) is 11.3 Å². The zero-order valence-corrected chi connectivity index (χ0v) is 14.9. The Labute approximate surface area is 146 Å². The van der Waals surface area contributed by atoms with E-state index < -0.39 is 0 Å². The molecule has 1 atom stereocenters. The Balaban J connectivity index is 1.97. The summed E-state index contributed by atoms with van der Waals surface area (Å²) in [6.45, 7) is 4.51. The van der Waals surface area contributed by atoms with Crippen molar-refractivity contribution in [2.75, 3.05) is 13.2 Å². The van der Waals surface area contributed by atoms with Gasteiger partial charge in [0.25, 0.3) is 0 Å². The summed E-state index contributed by atoms with van der Waals surface area (Å²) in [5, 5.41) is 1.46. The van der Waals surface area contributed by atoms with Gasteiger partial charge in [-0.1, -0.05) is 36.5 Å². The molecule has 0 N–H and O–H groups in total. The van der Waals surface area contributed by atoms with E-state index in [9.17, 15) is 0 Å². The summed E-state index contributed by atoms with van der Waals surface area (Å²) in [7, 11) is 0. The van der Waals surface area contributed by atoms with Crippen LogP contribution in [0.5, 0.6) is 0 Å². The molecule has 2 rings (SSSR count). The SMILES string of the molecule is CCCCOCC(Cn1ccnc1)Sc1ccc(Cl)c(Cl)c1. The molecule has 0 bridgehead atoms. The first kappa shape index (κ1) is 17.7. The van der Waals surface area contributed by atoms with Crippen molar-refractivity contribution in [3.63, 3.8) is 0 Å². The molecule has 0 aliphatic heterocycles. The van der Waals surface area contributed by atoms with Crippen molar-refractivity contribution in [1.29, 1.82) is 0 Å². The maximum absolute atomic E-state index is 6.09. The van der Waals surface area contributed by atoms with Crippen molar-refractivity contribution in [3.8, 4) is 0 Å². The first-order chi connectivity index (χ1) is 10.7. The molecule has 120 valence electrons. The van der Waals surface area contributed by atoms with Crippen LogP contribution in [0.25, 0.3) is 0 Å². The molecule has 22 heavy (non-hydrogen) atoms. The Bertz CT molecular complexity index is 563. The quantitative estimate of drug-likeness (QED) is 0.457. The highest BCUT2D eigenvalue weighted by Crippen LogP contribution is 2.31. The van der Waals surface area contributed by atoms with E-state index in [2.05, 4.69) is 16.5 Å². The van der Waals surface area contributed by atoms with E-state index >= 15 is 0 Å². The molecule has 0 fully saturated rings. The lowest BCUT2D eigenvalue weighted by Crippen LogP contribution is -2.19. The molecule has 1 aromatic carbocycles. The molecule has 0 radical (unpaired) electrons. The largest absolute Gasteiger partial charge is 0.380 e. The monoisotopic (exact) mass is 358 g/mol. The molecule has 0 spiro atoms. The second-order valence-corrected chi connectivity index (χ2v) is 7.19. The molecule has 0 saturated heterocycles. The molecule has 0 saturated carbocycles. The number of hydrogen-bond donors (Lipinski definition) is 0. The minimum atomic E-state index is 0.295. The summed E-state index contributed by atoms with van der Waals surface area (Å²) >= 11 is 13.8. The van der Waals surface area contributed by atoms with Crippen molar-refractivity contribution in [2.24, 2.45) is 0 Å². The fourth-order valence-corrected chi connectivity index (χ4v) is 3.45. The lowest BCUT2D eigenvalue weighted by atomic mass is 10.3. The number of nitrogens with zero attached hydrogens (tertiary/aromatic N) is 2. The van der Waals surface area contributed by atoms with Crippen LogP contribution in [0.1, 0.15) is 19.8 Å². The van der Waals surface area contributed by atoms with E-state index in [-0.39, 0.29) is 0 Å². The number of imidazole rings is 1. The molecule has 0 aliphatic rings. The Morgan fingerprint density at radius 1 is 1.32 bits per heavy atom. The number of aromatic nitrogens is 2. The Kier molecular flexibility index (Phi) is 7.60. The van der Waals surface area contributed by atoms with Crippen LogP contribution < -0.4 is 0 Å². The van der Waals surface area contributed by atoms with Crippen LogP contribution in [0.3, 0.4) is 0 Å². The highest BCUT2D eigenvalue weighted by molar-refractivity contribution is 8.00. The third-order valence-electron chi connectivity index (χ3n) is 3.11. The standard InChI is InChI=1S/C16H20Cl2N2OS/c1-2-3-8-21-11-14(10-20-7-6-19-12-20)22-13-4-5-15(17)16(18)9-13/h4-7,9,12,14H,2-3,8,10-11H2,1H3. The first-order valence-corrected chi connectivity index (χ1v) is 8.97. The fourth-order valence-electron chi connectivity index (χ4n) is 1.96. The molecule has 1 heterocycles. The van der Waals surface area contributed by atoms with Gasteiger partial charge >= 0.3 is 0 Å². The van der Waals surface area contributed by atoms with Crippen LogP contribution in [0.15, 0.2) is 41.8 Å². The van der Waals surface area contributed by atoms with Crippen LogP contribution >= 0.6 is 35.0 Å². The minimum Gasteiger partial charge on any atom is -0.380 e. The minimum absolute atomic E-state index is 0.295. The highest BCUT2D eigenvalue weighted by atomic mass is 35.5. The van der Waals surface area contributed by atoms with E-state index in [4.69, 9.17) is 27.9 Å². The molecule has 0 aliphatic carbocycles. The second kappa shape index (κ2) is 9.46. The van der Waals surface area contributed by atoms with Crippen LogP contribution in [0, 0.1) is 0 Å². The molecule has 1 aromatic heterocycles. The maximum Gasteiger partial charge on any atom is 0.0946 e. The molecule has 3 nitrogen and oxygen atoms in total. The van der Waals surface area contributed by atoms with Crippen molar-refractivity contribution in [2.45, 2.75) is 36.5 Å². The van der Waals surface area contributed by atoms with Crippen LogP contribution in [0.4, 0.5) is 0 Å². The van der Waals surface area contributed by atoms with E-state index in [1.54, 1.807) is 18.0 Å².